The summed E-state index contributed by atoms with van der Waals surface area (Å²) < 4.78 is 0. The van der Waals surface area contributed by atoms with Crippen LogP contribution < -0.4 is 5.32 Å². The molecule has 2 heterocycles. The van der Waals surface area contributed by atoms with Gasteiger partial charge >= 0.3 is 0 Å². The van der Waals surface area contributed by atoms with Crippen molar-refractivity contribution in [2.24, 2.45) is 5.92 Å². The van der Waals surface area contributed by atoms with Crippen molar-refractivity contribution in [2.45, 2.75) is 31.6 Å². The molecule has 1 aromatic heterocycles. The maximum atomic E-state index is 13.6. The third-order valence-electron chi connectivity index (χ3n) is 6.56. The van der Waals surface area contributed by atoms with Crippen LogP contribution in [0.3, 0.4) is 0 Å². The highest BCUT2D eigenvalue weighted by Crippen LogP contribution is 2.30. The number of hydrogen-bond donors (Lipinski definition) is 1. The Kier molecular flexibility index (Phi) is 8.82. The lowest BCUT2D eigenvalue weighted by Crippen LogP contribution is -2.34. The van der Waals surface area contributed by atoms with Gasteiger partial charge in [0.1, 0.15) is 0 Å². The average Bonchev–Trinajstić information content (AvgIpc) is 3.38. The molecule has 1 unspecified atom stereocenters. The summed E-state index contributed by atoms with van der Waals surface area (Å²) in [5, 5.41) is 2.95. The lowest BCUT2D eigenvalue weighted by Gasteiger charge is -2.24. The number of pyridine rings is 1. The molecule has 2 amide bonds. The maximum absolute atomic E-state index is 13.6. The Labute approximate surface area is 207 Å². The van der Waals surface area contributed by atoms with Crippen molar-refractivity contribution in [2.75, 3.05) is 19.6 Å². The first-order chi connectivity index (χ1) is 17.2. The molecule has 35 heavy (non-hydrogen) atoms. The molecular weight excluding hydrogens is 434 g/mol. The van der Waals surface area contributed by atoms with E-state index >= 15 is 0 Å². The van der Waals surface area contributed by atoms with Gasteiger partial charge in [-0.3, -0.25) is 14.6 Å². The summed E-state index contributed by atoms with van der Waals surface area (Å²) >= 11 is 0. The number of carbonyl (C=O) groups excluding carboxylic acids is 2. The molecule has 0 bridgehead atoms. The maximum Gasteiger partial charge on any atom is 0.243 e. The van der Waals surface area contributed by atoms with Gasteiger partial charge in [0.15, 0.2) is 0 Å². The zero-order valence-electron chi connectivity index (χ0n) is 20.1. The SMILES string of the molecule is O=C(/C=C/c1cccnc1)NCCCCC1CCN(C(=O)C(c2ccccc2)c2ccccc2)C1. The number of carbonyl (C=O) groups is 2. The summed E-state index contributed by atoms with van der Waals surface area (Å²) in [7, 11) is 0. The molecule has 1 atom stereocenters. The first kappa shape index (κ1) is 24.4. The Hall–Kier alpha value is -3.73. The van der Waals surface area contributed by atoms with Crippen LogP contribution in [-0.4, -0.2) is 41.3 Å². The molecule has 1 N–H and O–H groups in total. The molecule has 1 saturated heterocycles. The van der Waals surface area contributed by atoms with E-state index in [0.717, 1.165) is 55.5 Å². The molecule has 4 rings (SSSR count). The van der Waals surface area contributed by atoms with Crippen LogP contribution >= 0.6 is 0 Å². The van der Waals surface area contributed by atoms with Crippen LogP contribution in [0.4, 0.5) is 0 Å². The first-order valence-electron chi connectivity index (χ1n) is 12.5. The number of aromatic nitrogens is 1. The van der Waals surface area contributed by atoms with Gasteiger partial charge in [-0.2, -0.15) is 0 Å². The summed E-state index contributed by atoms with van der Waals surface area (Å²) in [5.41, 5.74) is 2.99. The molecule has 180 valence electrons. The summed E-state index contributed by atoms with van der Waals surface area (Å²) in [5.74, 6) is 0.371. The van der Waals surface area contributed by atoms with Crippen molar-refractivity contribution in [3.8, 4) is 0 Å². The van der Waals surface area contributed by atoms with E-state index in [1.54, 1.807) is 24.5 Å². The van der Waals surface area contributed by atoms with Crippen LogP contribution in [0.5, 0.6) is 0 Å². The van der Waals surface area contributed by atoms with Gasteiger partial charge in [0.2, 0.25) is 11.8 Å². The van der Waals surface area contributed by atoms with E-state index < -0.39 is 0 Å². The van der Waals surface area contributed by atoms with E-state index in [-0.39, 0.29) is 17.7 Å². The number of hydrogen-bond acceptors (Lipinski definition) is 3. The Morgan fingerprint density at radius 2 is 1.69 bits per heavy atom. The molecule has 1 aliphatic rings. The monoisotopic (exact) mass is 467 g/mol. The minimum absolute atomic E-state index is 0.0839. The quantitative estimate of drug-likeness (QED) is 0.335. The van der Waals surface area contributed by atoms with E-state index in [9.17, 15) is 9.59 Å². The third-order valence-corrected chi connectivity index (χ3v) is 6.56. The topological polar surface area (TPSA) is 62.3 Å². The van der Waals surface area contributed by atoms with Crippen molar-refractivity contribution < 1.29 is 9.59 Å². The van der Waals surface area contributed by atoms with Gasteiger partial charge < -0.3 is 10.2 Å². The van der Waals surface area contributed by atoms with Crippen molar-refractivity contribution >= 4 is 17.9 Å². The van der Waals surface area contributed by atoms with E-state index in [0.29, 0.717) is 12.5 Å². The molecule has 1 aliphatic heterocycles. The average molecular weight is 468 g/mol. The Balaban J connectivity index is 1.22. The Morgan fingerprint density at radius 1 is 0.971 bits per heavy atom. The third kappa shape index (κ3) is 7.12. The largest absolute Gasteiger partial charge is 0.353 e. The van der Waals surface area contributed by atoms with Crippen molar-refractivity contribution in [3.05, 3.63) is 108 Å². The number of nitrogens with zero attached hydrogens (tertiary/aromatic N) is 2. The van der Waals surface area contributed by atoms with E-state index in [1.807, 2.05) is 77.7 Å². The molecule has 0 radical (unpaired) electrons. The van der Waals surface area contributed by atoms with Crippen LogP contribution in [0.25, 0.3) is 6.08 Å². The van der Waals surface area contributed by atoms with Gasteiger partial charge in [-0.25, -0.2) is 0 Å². The highest BCUT2D eigenvalue weighted by molar-refractivity contribution is 5.91. The molecule has 3 aromatic rings. The fourth-order valence-corrected chi connectivity index (χ4v) is 4.69. The fraction of sp³-hybridized carbons (Fsp3) is 0.300. The van der Waals surface area contributed by atoms with Gasteiger partial charge in [-0.1, -0.05) is 73.2 Å². The van der Waals surface area contributed by atoms with E-state index in [4.69, 9.17) is 0 Å². The van der Waals surface area contributed by atoms with Crippen LogP contribution in [0.15, 0.2) is 91.3 Å². The van der Waals surface area contributed by atoms with Gasteiger partial charge in [0.05, 0.1) is 5.92 Å². The normalized spacial score (nSPS) is 15.6. The van der Waals surface area contributed by atoms with E-state index in [2.05, 4.69) is 10.3 Å². The molecule has 5 heteroatoms. The molecule has 2 aromatic carbocycles. The number of unbranched alkanes of at least 4 members (excludes halogenated alkanes) is 1. The minimum atomic E-state index is -0.258. The number of rotatable bonds is 10. The second kappa shape index (κ2) is 12.7. The smallest absolute Gasteiger partial charge is 0.243 e. The first-order valence-corrected chi connectivity index (χ1v) is 12.5. The fourth-order valence-electron chi connectivity index (χ4n) is 4.69. The summed E-state index contributed by atoms with van der Waals surface area (Å²) in [6.45, 7) is 2.29. The van der Waals surface area contributed by atoms with Crippen molar-refractivity contribution in [1.29, 1.82) is 0 Å². The number of amides is 2. The van der Waals surface area contributed by atoms with Crippen LogP contribution in [0.2, 0.25) is 0 Å². The standard InChI is InChI=1S/C30H33N3O2/c34-28(17-16-24-11-9-19-31-22-24)32-20-8-7-10-25-18-21-33(23-25)30(35)29(26-12-3-1-4-13-26)27-14-5-2-6-15-27/h1-6,9,11-17,19,22,25,29H,7-8,10,18,20-21,23H2,(H,32,34)/b17-16+. The summed E-state index contributed by atoms with van der Waals surface area (Å²) in [6.07, 6.45) is 10.9. The molecule has 1 fully saturated rings. The molecule has 0 aliphatic carbocycles. The van der Waals surface area contributed by atoms with Gasteiger partial charge in [0, 0.05) is 38.1 Å². The number of nitrogens with one attached hydrogen (secondary N) is 1. The van der Waals surface area contributed by atoms with Gasteiger partial charge in [-0.05, 0) is 54.0 Å². The molecular formula is C30H33N3O2. The number of benzene rings is 2. The van der Waals surface area contributed by atoms with Crippen molar-refractivity contribution in [1.82, 2.24) is 15.2 Å². The Bertz CT molecular complexity index is 1060. The van der Waals surface area contributed by atoms with Crippen molar-refractivity contribution in [3.63, 3.8) is 0 Å². The highest BCUT2D eigenvalue weighted by atomic mass is 16.2. The second-order valence-corrected chi connectivity index (χ2v) is 9.10. The van der Waals surface area contributed by atoms with Gasteiger partial charge in [-0.15, -0.1) is 0 Å². The Morgan fingerprint density at radius 3 is 2.34 bits per heavy atom. The van der Waals surface area contributed by atoms with Crippen LogP contribution in [0, 0.1) is 5.92 Å². The molecule has 0 spiro atoms. The second-order valence-electron chi connectivity index (χ2n) is 9.10. The lowest BCUT2D eigenvalue weighted by atomic mass is 9.90. The zero-order chi connectivity index (χ0) is 24.3. The van der Waals surface area contributed by atoms with Crippen LogP contribution in [0.1, 0.15) is 48.3 Å². The molecule has 5 nitrogen and oxygen atoms in total. The molecule has 0 saturated carbocycles. The summed E-state index contributed by atoms with van der Waals surface area (Å²) in [6, 6.07) is 23.9. The zero-order valence-corrected chi connectivity index (χ0v) is 20.1. The summed E-state index contributed by atoms with van der Waals surface area (Å²) in [4.78, 5) is 31.6. The predicted octanol–water partition coefficient (Wildman–Crippen LogP) is 5.06. The van der Waals surface area contributed by atoms with E-state index in [1.165, 1.54) is 0 Å². The van der Waals surface area contributed by atoms with Gasteiger partial charge in [0.25, 0.3) is 0 Å². The highest BCUT2D eigenvalue weighted by Gasteiger charge is 2.32. The minimum Gasteiger partial charge on any atom is -0.353 e. The lowest BCUT2D eigenvalue weighted by molar-refractivity contribution is -0.131. The predicted molar refractivity (Wildman–Crippen MR) is 140 cm³/mol. The van der Waals surface area contributed by atoms with Crippen LogP contribution in [-0.2, 0) is 9.59 Å². The number of likely N-dealkylation sites (tertiary alicyclic amines) is 1.